The first kappa shape index (κ1) is 12.6. The number of nitrogens with zero attached hydrogens (tertiary/aromatic N) is 2. The molecule has 1 unspecified atom stereocenters. The summed E-state index contributed by atoms with van der Waals surface area (Å²) in [4.78, 5) is 15.6. The monoisotopic (exact) mass is 310 g/mol. The van der Waals surface area contributed by atoms with E-state index in [-0.39, 0.29) is 11.9 Å². The van der Waals surface area contributed by atoms with Gasteiger partial charge in [-0.1, -0.05) is 0 Å². The number of nitrogens with one attached hydrogen (secondary N) is 2. The lowest BCUT2D eigenvalue weighted by Gasteiger charge is -2.08. The summed E-state index contributed by atoms with van der Waals surface area (Å²) in [5.41, 5.74) is 0. The molecule has 18 heavy (non-hydrogen) atoms. The number of hydrogen-bond donors (Lipinski definition) is 2. The van der Waals surface area contributed by atoms with Gasteiger partial charge in [-0.15, -0.1) is 0 Å². The molecule has 1 amide bonds. The number of H-pyrrole nitrogens is 1. The number of amides is 1. The van der Waals surface area contributed by atoms with Crippen molar-refractivity contribution >= 4 is 27.9 Å². The van der Waals surface area contributed by atoms with Gasteiger partial charge in [0, 0.05) is 6.08 Å². The van der Waals surface area contributed by atoms with E-state index in [1.54, 1.807) is 18.2 Å². The molecule has 2 N–H and O–H groups in total. The number of aromatic amines is 1. The van der Waals surface area contributed by atoms with Crippen LogP contribution in [0.1, 0.15) is 24.6 Å². The van der Waals surface area contributed by atoms with Crippen LogP contribution < -0.4 is 5.32 Å². The van der Waals surface area contributed by atoms with Crippen LogP contribution in [0.25, 0.3) is 6.08 Å². The summed E-state index contributed by atoms with van der Waals surface area (Å²) in [5.74, 6) is 0.980. The molecule has 2 aromatic heterocycles. The molecule has 0 aliphatic heterocycles. The van der Waals surface area contributed by atoms with Gasteiger partial charge in [0.15, 0.2) is 4.67 Å². The molecule has 2 aromatic rings. The van der Waals surface area contributed by atoms with Gasteiger partial charge in [-0.3, -0.25) is 9.89 Å². The smallest absolute Gasteiger partial charge is 0.244 e. The van der Waals surface area contributed by atoms with Gasteiger partial charge in [-0.25, -0.2) is 4.98 Å². The highest BCUT2D eigenvalue weighted by molar-refractivity contribution is 9.10. The van der Waals surface area contributed by atoms with Gasteiger partial charge in [0.2, 0.25) is 5.91 Å². The molecule has 1 atom stereocenters. The molecule has 0 saturated carbocycles. The van der Waals surface area contributed by atoms with Crippen LogP contribution in [0.15, 0.2) is 33.6 Å². The number of halogens is 1. The van der Waals surface area contributed by atoms with E-state index in [0.29, 0.717) is 16.3 Å². The maximum Gasteiger partial charge on any atom is 0.244 e. The Labute approximate surface area is 112 Å². The molecule has 0 aromatic carbocycles. The Bertz CT molecular complexity index is 547. The van der Waals surface area contributed by atoms with Gasteiger partial charge in [0.1, 0.15) is 17.9 Å². The highest BCUT2D eigenvalue weighted by Crippen LogP contribution is 2.15. The van der Waals surface area contributed by atoms with Crippen LogP contribution in [0.5, 0.6) is 0 Å². The summed E-state index contributed by atoms with van der Waals surface area (Å²) in [7, 11) is 0. The molecule has 94 valence electrons. The van der Waals surface area contributed by atoms with Crippen molar-refractivity contribution in [3.63, 3.8) is 0 Å². The van der Waals surface area contributed by atoms with Crippen molar-refractivity contribution < 1.29 is 9.21 Å². The quantitative estimate of drug-likeness (QED) is 0.847. The summed E-state index contributed by atoms with van der Waals surface area (Å²) in [5, 5.41) is 9.16. The summed E-state index contributed by atoms with van der Waals surface area (Å²) in [6.07, 6.45) is 4.39. The maximum atomic E-state index is 11.6. The predicted octanol–water partition coefficient (Wildman–Crippen LogP) is 2.05. The van der Waals surface area contributed by atoms with E-state index in [1.807, 2.05) is 6.92 Å². The fourth-order valence-corrected chi connectivity index (χ4v) is 1.65. The van der Waals surface area contributed by atoms with Crippen molar-refractivity contribution in [1.82, 2.24) is 20.5 Å². The number of furan rings is 1. The minimum atomic E-state index is -0.230. The lowest BCUT2D eigenvalue weighted by molar-refractivity contribution is -0.117. The van der Waals surface area contributed by atoms with Gasteiger partial charge in [-0.2, -0.15) is 5.10 Å². The average Bonchev–Trinajstić information content (AvgIpc) is 2.97. The van der Waals surface area contributed by atoms with Crippen molar-refractivity contribution in [2.45, 2.75) is 13.0 Å². The third-order valence-corrected chi connectivity index (χ3v) is 2.62. The van der Waals surface area contributed by atoms with Crippen molar-refractivity contribution in [1.29, 1.82) is 0 Å². The van der Waals surface area contributed by atoms with Gasteiger partial charge >= 0.3 is 0 Å². The molecule has 2 heterocycles. The number of hydrogen-bond acceptors (Lipinski definition) is 4. The van der Waals surface area contributed by atoms with Crippen LogP contribution in [0, 0.1) is 0 Å². The van der Waals surface area contributed by atoms with Crippen LogP contribution in [-0.4, -0.2) is 21.1 Å². The minimum Gasteiger partial charge on any atom is -0.450 e. The zero-order chi connectivity index (χ0) is 13.0. The maximum absolute atomic E-state index is 11.6. The fraction of sp³-hybridized carbons (Fsp3) is 0.182. The number of aromatic nitrogens is 3. The molecule has 6 nitrogen and oxygen atoms in total. The SMILES string of the molecule is CC(NC(=O)/C=C/c1ccc(Br)o1)c1ncn[nH]1. The number of carbonyl (C=O) groups is 1. The van der Waals surface area contributed by atoms with Crippen molar-refractivity contribution in [3.8, 4) is 0 Å². The normalized spacial score (nSPS) is 12.8. The molecule has 0 aliphatic carbocycles. The first-order valence-electron chi connectivity index (χ1n) is 5.24. The summed E-state index contributed by atoms with van der Waals surface area (Å²) < 4.78 is 5.86. The van der Waals surface area contributed by atoms with E-state index in [0.717, 1.165) is 0 Å². The van der Waals surface area contributed by atoms with E-state index in [4.69, 9.17) is 4.42 Å². The van der Waals surface area contributed by atoms with Gasteiger partial charge in [-0.05, 0) is 41.1 Å². The van der Waals surface area contributed by atoms with Gasteiger partial charge in [0.25, 0.3) is 0 Å². The zero-order valence-electron chi connectivity index (χ0n) is 9.55. The molecular weight excluding hydrogens is 300 g/mol. The summed E-state index contributed by atoms with van der Waals surface area (Å²) >= 11 is 3.19. The second-order valence-corrected chi connectivity index (χ2v) is 4.36. The van der Waals surface area contributed by atoms with Crippen LogP contribution in [0.4, 0.5) is 0 Å². The van der Waals surface area contributed by atoms with Gasteiger partial charge < -0.3 is 9.73 Å². The highest BCUT2D eigenvalue weighted by atomic mass is 79.9. The zero-order valence-corrected chi connectivity index (χ0v) is 11.1. The molecule has 7 heteroatoms. The van der Waals surface area contributed by atoms with E-state index < -0.39 is 0 Å². The topological polar surface area (TPSA) is 83.8 Å². The largest absolute Gasteiger partial charge is 0.450 e. The minimum absolute atomic E-state index is 0.229. The molecule has 0 radical (unpaired) electrons. The Kier molecular flexibility index (Phi) is 3.93. The average molecular weight is 311 g/mol. The predicted molar refractivity (Wildman–Crippen MR) is 68.4 cm³/mol. The molecule has 0 saturated heterocycles. The van der Waals surface area contributed by atoms with Gasteiger partial charge in [0.05, 0.1) is 6.04 Å². The molecule has 0 spiro atoms. The van der Waals surface area contributed by atoms with Crippen LogP contribution in [0.3, 0.4) is 0 Å². The third kappa shape index (κ3) is 3.30. The first-order valence-corrected chi connectivity index (χ1v) is 6.03. The Balaban J connectivity index is 1.91. The van der Waals surface area contributed by atoms with E-state index in [2.05, 4.69) is 36.4 Å². The Morgan fingerprint density at radius 1 is 1.61 bits per heavy atom. The van der Waals surface area contributed by atoms with Crippen molar-refractivity contribution in [2.24, 2.45) is 0 Å². The van der Waals surface area contributed by atoms with E-state index >= 15 is 0 Å². The second-order valence-electron chi connectivity index (χ2n) is 3.58. The van der Waals surface area contributed by atoms with Crippen LogP contribution in [-0.2, 0) is 4.79 Å². The Morgan fingerprint density at radius 3 is 3.06 bits per heavy atom. The second kappa shape index (κ2) is 5.63. The third-order valence-electron chi connectivity index (χ3n) is 2.20. The van der Waals surface area contributed by atoms with Crippen molar-refractivity contribution in [3.05, 3.63) is 40.8 Å². The molecule has 0 fully saturated rings. The fourth-order valence-electron chi connectivity index (χ4n) is 1.33. The lowest BCUT2D eigenvalue weighted by atomic mass is 10.3. The number of carbonyl (C=O) groups excluding carboxylic acids is 1. The molecule has 0 bridgehead atoms. The molecule has 2 rings (SSSR count). The molecular formula is C11H11BrN4O2. The Hall–Kier alpha value is -1.89. The van der Waals surface area contributed by atoms with Crippen molar-refractivity contribution in [2.75, 3.05) is 0 Å². The summed E-state index contributed by atoms with van der Waals surface area (Å²) in [6.45, 7) is 1.82. The Morgan fingerprint density at radius 2 is 2.44 bits per heavy atom. The summed E-state index contributed by atoms with van der Waals surface area (Å²) in [6, 6.07) is 3.29. The standard InChI is InChI=1S/C11H11BrN4O2/c1-7(11-13-6-14-16-11)15-10(17)5-3-8-2-4-9(12)18-8/h2-7H,1H3,(H,15,17)(H,13,14,16)/b5-3+. The highest BCUT2D eigenvalue weighted by Gasteiger charge is 2.09. The van der Waals surface area contributed by atoms with E-state index in [9.17, 15) is 4.79 Å². The first-order chi connectivity index (χ1) is 8.65. The molecule has 0 aliphatic rings. The van der Waals surface area contributed by atoms with Crippen LogP contribution in [0.2, 0.25) is 0 Å². The van der Waals surface area contributed by atoms with Crippen LogP contribution >= 0.6 is 15.9 Å². The lowest BCUT2D eigenvalue weighted by Crippen LogP contribution is -2.25. The number of rotatable bonds is 4. The van der Waals surface area contributed by atoms with E-state index in [1.165, 1.54) is 12.4 Å².